The van der Waals surface area contributed by atoms with Crippen LogP contribution in [0, 0.1) is 5.92 Å². The Bertz CT molecular complexity index is 654. The van der Waals surface area contributed by atoms with E-state index in [4.69, 9.17) is 0 Å². The van der Waals surface area contributed by atoms with Gasteiger partial charge in [0, 0.05) is 25.6 Å². The van der Waals surface area contributed by atoms with Crippen molar-refractivity contribution in [1.29, 1.82) is 0 Å². The van der Waals surface area contributed by atoms with Gasteiger partial charge in [-0.15, -0.1) is 0 Å². The minimum absolute atomic E-state index is 0.501. The SMILES string of the molecule is CN(Cc1cccc2c1CC[C@H]1[C@@H]2CCN1CCC1CCCC1)C(=O)O. The summed E-state index contributed by atoms with van der Waals surface area (Å²) in [6.45, 7) is 3.02. The van der Waals surface area contributed by atoms with Gasteiger partial charge in [-0.2, -0.15) is 0 Å². The van der Waals surface area contributed by atoms with Crippen LogP contribution in [0.15, 0.2) is 18.2 Å². The zero-order valence-corrected chi connectivity index (χ0v) is 16.0. The Labute approximate surface area is 157 Å². The summed E-state index contributed by atoms with van der Waals surface area (Å²) in [5, 5.41) is 9.20. The van der Waals surface area contributed by atoms with Crippen molar-refractivity contribution in [2.45, 2.75) is 69.9 Å². The fraction of sp³-hybridized carbons (Fsp3) is 0.682. The number of hydrogen-bond donors (Lipinski definition) is 1. The molecule has 0 unspecified atom stereocenters. The average molecular weight is 357 g/mol. The number of carbonyl (C=O) groups is 1. The molecule has 1 saturated heterocycles. The second-order valence-corrected chi connectivity index (χ2v) is 8.60. The molecular weight excluding hydrogens is 324 g/mol. The third-order valence-electron chi connectivity index (χ3n) is 7.09. The summed E-state index contributed by atoms with van der Waals surface area (Å²) >= 11 is 0. The second-order valence-electron chi connectivity index (χ2n) is 8.60. The Balaban J connectivity index is 1.45. The van der Waals surface area contributed by atoms with E-state index in [1.807, 2.05) is 0 Å². The van der Waals surface area contributed by atoms with Gasteiger partial charge in [-0.1, -0.05) is 43.9 Å². The molecule has 4 heteroatoms. The molecule has 3 aliphatic rings. The quantitative estimate of drug-likeness (QED) is 0.846. The average Bonchev–Trinajstić information content (AvgIpc) is 3.29. The van der Waals surface area contributed by atoms with Gasteiger partial charge in [0.05, 0.1) is 0 Å². The minimum atomic E-state index is -0.852. The molecule has 142 valence electrons. The van der Waals surface area contributed by atoms with Gasteiger partial charge >= 0.3 is 6.09 Å². The van der Waals surface area contributed by atoms with E-state index in [0.717, 1.165) is 12.3 Å². The normalized spacial score (nSPS) is 25.9. The first-order valence-electron chi connectivity index (χ1n) is 10.4. The predicted octanol–water partition coefficient (Wildman–Crippen LogP) is 4.48. The van der Waals surface area contributed by atoms with Gasteiger partial charge in [0.25, 0.3) is 0 Å². The molecule has 1 saturated carbocycles. The molecule has 2 fully saturated rings. The van der Waals surface area contributed by atoms with Crippen LogP contribution in [0.5, 0.6) is 0 Å². The monoisotopic (exact) mass is 356 g/mol. The van der Waals surface area contributed by atoms with Crippen LogP contribution >= 0.6 is 0 Å². The molecule has 1 aromatic rings. The second kappa shape index (κ2) is 7.59. The van der Waals surface area contributed by atoms with E-state index in [1.54, 1.807) is 7.05 Å². The summed E-state index contributed by atoms with van der Waals surface area (Å²) in [5.74, 6) is 1.63. The van der Waals surface area contributed by atoms with Gasteiger partial charge in [-0.3, -0.25) is 4.90 Å². The van der Waals surface area contributed by atoms with Crippen molar-refractivity contribution < 1.29 is 9.90 Å². The molecule has 0 bridgehead atoms. The Morgan fingerprint density at radius 1 is 1.23 bits per heavy atom. The number of amides is 1. The molecule has 1 amide bonds. The number of benzene rings is 1. The lowest BCUT2D eigenvalue weighted by Gasteiger charge is -2.35. The van der Waals surface area contributed by atoms with Crippen LogP contribution in [0.1, 0.15) is 67.6 Å². The number of rotatable bonds is 5. The Morgan fingerprint density at radius 2 is 2.04 bits per heavy atom. The summed E-state index contributed by atoms with van der Waals surface area (Å²) < 4.78 is 0. The smallest absolute Gasteiger partial charge is 0.407 e. The van der Waals surface area contributed by atoms with Crippen LogP contribution in [-0.2, 0) is 13.0 Å². The van der Waals surface area contributed by atoms with Crippen LogP contribution < -0.4 is 0 Å². The fourth-order valence-electron chi connectivity index (χ4n) is 5.66. The molecule has 2 atom stereocenters. The number of nitrogens with zero attached hydrogens (tertiary/aromatic N) is 2. The third-order valence-corrected chi connectivity index (χ3v) is 7.09. The highest BCUT2D eigenvalue weighted by atomic mass is 16.4. The van der Waals surface area contributed by atoms with Crippen molar-refractivity contribution in [3.8, 4) is 0 Å². The molecule has 1 heterocycles. The van der Waals surface area contributed by atoms with Crippen LogP contribution in [0.2, 0.25) is 0 Å². The number of hydrogen-bond acceptors (Lipinski definition) is 2. The summed E-state index contributed by atoms with van der Waals surface area (Å²) in [6.07, 6.45) is 9.91. The summed E-state index contributed by atoms with van der Waals surface area (Å²) in [7, 11) is 1.66. The molecule has 1 aromatic carbocycles. The van der Waals surface area contributed by atoms with Gasteiger partial charge in [-0.05, 0) is 61.4 Å². The fourth-order valence-corrected chi connectivity index (χ4v) is 5.66. The lowest BCUT2D eigenvalue weighted by Crippen LogP contribution is -2.36. The molecule has 0 radical (unpaired) electrons. The zero-order chi connectivity index (χ0) is 18.1. The van der Waals surface area contributed by atoms with Gasteiger partial charge in [0.2, 0.25) is 0 Å². The number of likely N-dealkylation sites (tertiary alicyclic amines) is 1. The zero-order valence-electron chi connectivity index (χ0n) is 16.0. The summed E-state index contributed by atoms with van der Waals surface area (Å²) in [6, 6.07) is 7.26. The predicted molar refractivity (Wildman–Crippen MR) is 104 cm³/mol. The van der Waals surface area contributed by atoms with Gasteiger partial charge in [0.1, 0.15) is 0 Å². The lowest BCUT2D eigenvalue weighted by molar-refractivity contribution is 0.153. The standard InChI is InChI=1S/C22H32N2O2/c1-23(22(25)26)15-17-7-4-8-19-18(17)9-10-21-20(19)12-14-24(21)13-11-16-5-2-3-6-16/h4,7-8,16,20-21H,2-3,5-6,9-15H2,1H3,(H,25,26)/t20-,21+/m1/s1. The Morgan fingerprint density at radius 3 is 2.81 bits per heavy atom. The highest BCUT2D eigenvalue weighted by Gasteiger charge is 2.39. The van der Waals surface area contributed by atoms with Crippen molar-refractivity contribution in [2.24, 2.45) is 5.92 Å². The van der Waals surface area contributed by atoms with Crippen LogP contribution in [-0.4, -0.2) is 47.2 Å². The van der Waals surface area contributed by atoms with Crippen LogP contribution in [0.4, 0.5) is 4.79 Å². The number of carboxylic acid groups (broad SMARTS) is 1. The Kier molecular flexibility index (Phi) is 5.21. The van der Waals surface area contributed by atoms with Gasteiger partial charge in [0.15, 0.2) is 0 Å². The van der Waals surface area contributed by atoms with Crippen molar-refractivity contribution in [1.82, 2.24) is 9.80 Å². The van der Waals surface area contributed by atoms with Gasteiger partial charge in [-0.25, -0.2) is 4.79 Å². The van der Waals surface area contributed by atoms with E-state index in [1.165, 1.54) is 79.6 Å². The van der Waals surface area contributed by atoms with Crippen molar-refractivity contribution >= 4 is 6.09 Å². The molecule has 4 rings (SSSR count). The molecule has 2 aliphatic carbocycles. The van der Waals surface area contributed by atoms with Crippen LogP contribution in [0.3, 0.4) is 0 Å². The number of fused-ring (bicyclic) bond motifs is 3. The highest BCUT2D eigenvalue weighted by Crippen LogP contribution is 2.43. The Hall–Kier alpha value is -1.55. The van der Waals surface area contributed by atoms with E-state index < -0.39 is 6.09 Å². The van der Waals surface area contributed by atoms with E-state index in [9.17, 15) is 9.90 Å². The van der Waals surface area contributed by atoms with E-state index in [0.29, 0.717) is 18.5 Å². The molecule has 4 nitrogen and oxygen atoms in total. The largest absolute Gasteiger partial charge is 0.465 e. The van der Waals surface area contributed by atoms with E-state index in [-0.39, 0.29) is 0 Å². The maximum Gasteiger partial charge on any atom is 0.407 e. The summed E-state index contributed by atoms with van der Waals surface area (Å²) in [4.78, 5) is 15.4. The first kappa shape index (κ1) is 17.8. The molecule has 1 aliphatic heterocycles. The first-order chi connectivity index (χ1) is 12.6. The molecular formula is C22H32N2O2. The van der Waals surface area contributed by atoms with Crippen molar-refractivity contribution in [3.05, 3.63) is 34.9 Å². The summed E-state index contributed by atoms with van der Waals surface area (Å²) in [5.41, 5.74) is 4.13. The van der Waals surface area contributed by atoms with E-state index in [2.05, 4.69) is 23.1 Å². The highest BCUT2D eigenvalue weighted by molar-refractivity contribution is 5.64. The molecule has 0 spiro atoms. The molecule has 1 N–H and O–H groups in total. The first-order valence-corrected chi connectivity index (χ1v) is 10.4. The lowest BCUT2D eigenvalue weighted by atomic mass is 9.77. The van der Waals surface area contributed by atoms with Crippen molar-refractivity contribution in [3.63, 3.8) is 0 Å². The molecule has 0 aromatic heterocycles. The maximum absolute atomic E-state index is 11.2. The van der Waals surface area contributed by atoms with E-state index >= 15 is 0 Å². The van der Waals surface area contributed by atoms with Crippen molar-refractivity contribution in [2.75, 3.05) is 20.1 Å². The van der Waals surface area contributed by atoms with Crippen LogP contribution in [0.25, 0.3) is 0 Å². The molecule has 26 heavy (non-hydrogen) atoms. The van der Waals surface area contributed by atoms with Gasteiger partial charge < -0.3 is 10.0 Å². The maximum atomic E-state index is 11.2. The third kappa shape index (κ3) is 3.48. The topological polar surface area (TPSA) is 43.8 Å². The minimum Gasteiger partial charge on any atom is -0.465 e.